The molecule has 92 valence electrons. The van der Waals surface area contributed by atoms with E-state index in [4.69, 9.17) is 5.73 Å². The Morgan fingerprint density at radius 1 is 1.50 bits per heavy atom. The first-order valence-corrected chi connectivity index (χ1v) is 7.63. The number of nitrogens with zero attached hydrogens (tertiary/aromatic N) is 2. The summed E-state index contributed by atoms with van der Waals surface area (Å²) in [7, 11) is 2.10. The molecule has 0 saturated carbocycles. The highest BCUT2D eigenvalue weighted by Crippen LogP contribution is 2.30. The molecule has 1 aromatic rings. The number of thioether (sulfide) groups is 1. The van der Waals surface area contributed by atoms with E-state index in [2.05, 4.69) is 30.1 Å². The van der Waals surface area contributed by atoms with E-state index in [1.807, 2.05) is 25.6 Å². The van der Waals surface area contributed by atoms with Crippen LogP contribution in [0, 0.1) is 6.92 Å². The average Bonchev–Trinajstić information content (AvgIpc) is 2.59. The molecule has 1 rings (SSSR count). The minimum Gasteiger partial charge on any atom is -0.348 e. The Hall–Kier alpha value is -0.260. The quantitative estimate of drug-likeness (QED) is 0.883. The molecule has 0 saturated heterocycles. The number of rotatable bonds is 5. The van der Waals surface area contributed by atoms with E-state index in [1.54, 1.807) is 11.3 Å². The van der Waals surface area contributed by atoms with E-state index in [9.17, 15) is 0 Å². The monoisotopic (exact) mass is 259 g/mol. The van der Waals surface area contributed by atoms with Gasteiger partial charge < -0.3 is 10.6 Å². The molecule has 2 atom stereocenters. The third-order valence-corrected chi connectivity index (χ3v) is 4.87. The van der Waals surface area contributed by atoms with Crippen molar-refractivity contribution in [2.45, 2.75) is 32.9 Å². The molecule has 0 bridgehead atoms. The summed E-state index contributed by atoms with van der Waals surface area (Å²) in [6.07, 6.45) is 2.13. The van der Waals surface area contributed by atoms with Crippen molar-refractivity contribution in [3.05, 3.63) is 10.6 Å². The number of hydrogen-bond donors (Lipinski definition) is 1. The zero-order valence-corrected chi connectivity index (χ0v) is 12.3. The molecule has 1 heterocycles. The van der Waals surface area contributed by atoms with E-state index >= 15 is 0 Å². The lowest BCUT2D eigenvalue weighted by Gasteiger charge is -2.23. The van der Waals surface area contributed by atoms with Gasteiger partial charge in [-0.05, 0) is 27.0 Å². The molecule has 0 radical (unpaired) electrons. The molecule has 5 heteroatoms. The number of hydrogen-bond acceptors (Lipinski definition) is 5. The highest BCUT2D eigenvalue weighted by Gasteiger charge is 2.17. The van der Waals surface area contributed by atoms with Crippen molar-refractivity contribution >= 4 is 28.2 Å². The minimum atomic E-state index is 0.0792. The molecule has 3 nitrogen and oxygen atoms in total. The zero-order valence-electron chi connectivity index (χ0n) is 10.7. The first-order valence-electron chi connectivity index (χ1n) is 5.42. The predicted octanol–water partition coefficient (Wildman–Crippen LogP) is 2.66. The largest absolute Gasteiger partial charge is 0.348 e. The third kappa shape index (κ3) is 3.12. The number of aryl methyl sites for hydroxylation is 1. The molecule has 16 heavy (non-hydrogen) atoms. The van der Waals surface area contributed by atoms with E-state index in [-0.39, 0.29) is 6.04 Å². The Morgan fingerprint density at radius 3 is 2.56 bits per heavy atom. The third-order valence-electron chi connectivity index (χ3n) is 2.61. The van der Waals surface area contributed by atoms with Crippen molar-refractivity contribution in [2.24, 2.45) is 5.73 Å². The van der Waals surface area contributed by atoms with Gasteiger partial charge in [-0.2, -0.15) is 11.8 Å². The highest BCUT2D eigenvalue weighted by molar-refractivity contribution is 7.98. The maximum Gasteiger partial charge on any atom is 0.185 e. The lowest BCUT2D eigenvalue weighted by molar-refractivity contribution is 0.760. The molecular formula is C11H21N3S2. The molecule has 0 aromatic carbocycles. The Kier molecular flexibility index (Phi) is 5.08. The van der Waals surface area contributed by atoms with Gasteiger partial charge in [0.25, 0.3) is 0 Å². The second-order valence-electron chi connectivity index (χ2n) is 4.15. The number of nitrogens with two attached hydrogens (primary N) is 1. The molecule has 0 aliphatic carbocycles. The van der Waals surface area contributed by atoms with Gasteiger partial charge in [0, 0.05) is 29.8 Å². The van der Waals surface area contributed by atoms with Crippen LogP contribution in [0.2, 0.25) is 0 Å². The second kappa shape index (κ2) is 5.89. The Morgan fingerprint density at radius 2 is 2.12 bits per heavy atom. The molecule has 0 spiro atoms. The van der Waals surface area contributed by atoms with Crippen LogP contribution in [-0.4, -0.2) is 30.1 Å². The molecular weight excluding hydrogens is 238 g/mol. The van der Waals surface area contributed by atoms with Crippen LogP contribution in [0.3, 0.4) is 0 Å². The number of thiazole rings is 1. The average molecular weight is 259 g/mol. The van der Waals surface area contributed by atoms with Crippen LogP contribution in [0.25, 0.3) is 0 Å². The van der Waals surface area contributed by atoms with Crippen molar-refractivity contribution < 1.29 is 0 Å². The van der Waals surface area contributed by atoms with Crippen LogP contribution >= 0.6 is 23.1 Å². The molecule has 0 fully saturated rings. The lowest BCUT2D eigenvalue weighted by Crippen LogP contribution is -2.30. The smallest absolute Gasteiger partial charge is 0.185 e. The Bertz CT molecular complexity index is 336. The molecule has 0 amide bonds. The van der Waals surface area contributed by atoms with Crippen LogP contribution < -0.4 is 10.6 Å². The normalized spacial score (nSPS) is 14.9. The summed E-state index contributed by atoms with van der Waals surface area (Å²) < 4.78 is 0. The predicted molar refractivity (Wildman–Crippen MR) is 75.7 cm³/mol. The van der Waals surface area contributed by atoms with E-state index < -0.39 is 0 Å². The summed E-state index contributed by atoms with van der Waals surface area (Å²) in [5.41, 5.74) is 6.98. The van der Waals surface area contributed by atoms with Gasteiger partial charge in [-0.1, -0.05) is 0 Å². The Balaban J connectivity index is 2.84. The fourth-order valence-electron chi connectivity index (χ4n) is 1.51. The number of aromatic nitrogens is 1. The summed E-state index contributed by atoms with van der Waals surface area (Å²) in [5.74, 6) is 1.11. The van der Waals surface area contributed by atoms with Gasteiger partial charge in [0.05, 0.1) is 5.69 Å². The van der Waals surface area contributed by atoms with Crippen LogP contribution in [0.4, 0.5) is 5.13 Å². The second-order valence-corrected chi connectivity index (χ2v) is 6.07. The summed E-state index contributed by atoms with van der Waals surface area (Å²) >= 11 is 3.57. The first-order chi connectivity index (χ1) is 7.47. The molecule has 0 aliphatic heterocycles. The van der Waals surface area contributed by atoms with Crippen molar-refractivity contribution in [1.82, 2.24) is 4.98 Å². The van der Waals surface area contributed by atoms with Gasteiger partial charge in [-0.15, -0.1) is 11.3 Å². The fraction of sp³-hybridized carbons (Fsp3) is 0.727. The Labute approximate surface area is 106 Å². The summed E-state index contributed by atoms with van der Waals surface area (Å²) in [6, 6.07) is 0.581. The van der Waals surface area contributed by atoms with Crippen LogP contribution in [0.5, 0.6) is 0 Å². The van der Waals surface area contributed by atoms with E-state index in [0.29, 0.717) is 6.04 Å². The fourth-order valence-corrected chi connectivity index (χ4v) is 3.30. The molecule has 0 aliphatic rings. The van der Waals surface area contributed by atoms with Gasteiger partial charge >= 0.3 is 0 Å². The van der Waals surface area contributed by atoms with Crippen molar-refractivity contribution in [1.29, 1.82) is 0 Å². The van der Waals surface area contributed by atoms with Crippen molar-refractivity contribution in [3.63, 3.8) is 0 Å². The highest BCUT2D eigenvalue weighted by atomic mass is 32.2. The zero-order chi connectivity index (χ0) is 12.3. The minimum absolute atomic E-state index is 0.0792. The van der Waals surface area contributed by atoms with E-state index in [1.165, 1.54) is 4.88 Å². The van der Waals surface area contributed by atoms with E-state index in [0.717, 1.165) is 16.6 Å². The van der Waals surface area contributed by atoms with Gasteiger partial charge in [-0.25, -0.2) is 4.98 Å². The van der Waals surface area contributed by atoms with Crippen LogP contribution in [0.15, 0.2) is 0 Å². The molecule has 2 unspecified atom stereocenters. The first kappa shape index (κ1) is 13.8. The van der Waals surface area contributed by atoms with Gasteiger partial charge in [0.1, 0.15) is 0 Å². The molecule has 1 aromatic heterocycles. The number of anilines is 1. The maximum atomic E-state index is 5.91. The van der Waals surface area contributed by atoms with Gasteiger partial charge in [0.2, 0.25) is 0 Å². The lowest BCUT2D eigenvalue weighted by atomic mass is 10.2. The van der Waals surface area contributed by atoms with Gasteiger partial charge in [0.15, 0.2) is 5.13 Å². The van der Waals surface area contributed by atoms with Crippen molar-refractivity contribution in [3.8, 4) is 0 Å². The summed E-state index contributed by atoms with van der Waals surface area (Å²) in [5, 5.41) is 1.08. The molecule has 2 N–H and O–H groups in total. The van der Waals surface area contributed by atoms with Gasteiger partial charge in [-0.3, -0.25) is 0 Å². The SMILES string of the molecule is CSCC(C)N(C)c1nc(C)c(C(C)N)s1. The summed E-state index contributed by atoms with van der Waals surface area (Å²) in [4.78, 5) is 8.02. The topological polar surface area (TPSA) is 42.2 Å². The summed E-state index contributed by atoms with van der Waals surface area (Å²) in [6.45, 7) is 6.26. The standard InChI is InChI=1S/C11H21N3S2/c1-7(6-15-5)14(4)11-13-9(3)10(16-11)8(2)12/h7-8H,6,12H2,1-5H3. The van der Waals surface area contributed by atoms with Crippen LogP contribution in [-0.2, 0) is 0 Å². The maximum absolute atomic E-state index is 5.91. The van der Waals surface area contributed by atoms with Crippen LogP contribution in [0.1, 0.15) is 30.5 Å². The van der Waals surface area contributed by atoms with Crippen molar-refractivity contribution in [2.75, 3.05) is 24.0 Å².